The van der Waals surface area contributed by atoms with Crippen LogP contribution >= 0.6 is 23.2 Å². The highest BCUT2D eigenvalue weighted by atomic mass is 35.5. The summed E-state index contributed by atoms with van der Waals surface area (Å²) in [5, 5.41) is 3.01. The second-order valence-corrected chi connectivity index (χ2v) is 7.53. The van der Waals surface area contributed by atoms with Crippen molar-refractivity contribution >= 4 is 39.1 Å². The van der Waals surface area contributed by atoms with Gasteiger partial charge in [0.2, 0.25) is 15.9 Å². The van der Waals surface area contributed by atoms with Gasteiger partial charge in [-0.05, 0) is 36.8 Å². The lowest BCUT2D eigenvalue weighted by molar-refractivity contribution is -0.122. The average Bonchev–Trinajstić information content (AvgIpc) is 2.55. The van der Waals surface area contributed by atoms with Gasteiger partial charge < -0.3 is 5.32 Å². The second kappa shape index (κ2) is 7.94. The van der Waals surface area contributed by atoms with Crippen molar-refractivity contribution in [1.29, 1.82) is 0 Å². The number of hydrogen-bond acceptors (Lipinski definition) is 4. The van der Waals surface area contributed by atoms with E-state index in [2.05, 4.69) is 15.0 Å². The quantitative estimate of drug-likeness (QED) is 0.795. The van der Waals surface area contributed by atoms with E-state index < -0.39 is 22.0 Å². The summed E-state index contributed by atoms with van der Waals surface area (Å²) in [6.45, 7) is 1.71. The number of aromatic nitrogens is 1. The van der Waals surface area contributed by atoms with Crippen LogP contribution in [0.4, 0.5) is 0 Å². The monoisotopic (exact) mass is 387 g/mol. The van der Waals surface area contributed by atoms with Gasteiger partial charge >= 0.3 is 0 Å². The highest BCUT2D eigenvalue weighted by Crippen LogP contribution is 2.24. The Kier molecular flexibility index (Phi) is 6.17. The number of nitrogens with one attached hydrogen (secondary N) is 2. The maximum atomic E-state index is 12.3. The molecular weight excluding hydrogens is 373 g/mol. The highest BCUT2D eigenvalue weighted by molar-refractivity contribution is 7.89. The molecule has 0 unspecified atom stereocenters. The molecule has 6 nitrogen and oxygen atoms in total. The maximum Gasteiger partial charge on any atom is 0.241 e. The SMILES string of the molecule is C[C@H](NS(=O)(=O)c1ccc(Cl)c(Cl)c1)C(=O)NCc1cccnc1. The summed E-state index contributed by atoms with van der Waals surface area (Å²) in [7, 11) is -3.89. The van der Waals surface area contributed by atoms with Gasteiger partial charge in [-0.1, -0.05) is 29.3 Å². The van der Waals surface area contributed by atoms with E-state index in [0.717, 1.165) is 5.56 Å². The zero-order valence-corrected chi connectivity index (χ0v) is 15.0. The number of hydrogen-bond donors (Lipinski definition) is 2. The van der Waals surface area contributed by atoms with Crippen LogP contribution in [0.15, 0.2) is 47.6 Å². The largest absolute Gasteiger partial charge is 0.351 e. The van der Waals surface area contributed by atoms with E-state index in [1.165, 1.54) is 25.1 Å². The minimum atomic E-state index is -3.89. The number of rotatable bonds is 6. The molecule has 2 N–H and O–H groups in total. The Labute approximate surface area is 150 Å². The third kappa shape index (κ3) is 4.91. The molecule has 128 valence electrons. The summed E-state index contributed by atoms with van der Waals surface area (Å²) in [4.78, 5) is 15.9. The lowest BCUT2D eigenvalue weighted by Gasteiger charge is -2.14. The third-order valence-electron chi connectivity index (χ3n) is 3.12. The van der Waals surface area contributed by atoms with Gasteiger partial charge in [0.05, 0.1) is 21.0 Å². The van der Waals surface area contributed by atoms with Gasteiger partial charge in [-0.2, -0.15) is 4.72 Å². The van der Waals surface area contributed by atoms with Crippen LogP contribution in [0.1, 0.15) is 12.5 Å². The molecule has 1 amide bonds. The van der Waals surface area contributed by atoms with Crippen molar-refractivity contribution < 1.29 is 13.2 Å². The van der Waals surface area contributed by atoms with Gasteiger partial charge in [0.15, 0.2) is 0 Å². The van der Waals surface area contributed by atoms with Crippen LogP contribution < -0.4 is 10.0 Å². The molecule has 9 heteroatoms. The molecule has 1 aromatic heterocycles. The van der Waals surface area contributed by atoms with E-state index in [0.29, 0.717) is 0 Å². The highest BCUT2D eigenvalue weighted by Gasteiger charge is 2.22. The lowest BCUT2D eigenvalue weighted by atomic mass is 10.2. The molecule has 0 spiro atoms. The van der Waals surface area contributed by atoms with Crippen LogP contribution in [0.3, 0.4) is 0 Å². The topological polar surface area (TPSA) is 88.2 Å². The van der Waals surface area contributed by atoms with E-state index in [4.69, 9.17) is 23.2 Å². The van der Waals surface area contributed by atoms with Crippen molar-refractivity contribution in [2.45, 2.75) is 24.4 Å². The maximum absolute atomic E-state index is 12.3. The molecule has 0 saturated carbocycles. The minimum Gasteiger partial charge on any atom is -0.351 e. The summed E-state index contributed by atoms with van der Waals surface area (Å²) in [6.07, 6.45) is 3.24. The Hall–Kier alpha value is -1.67. The van der Waals surface area contributed by atoms with Crippen LogP contribution in [0.25, 0.3) is 0 Å². The summed E-state index contributed by atoms with van der Waals surface area (Å²) in [5.74, 6) is -0.456. The molecule has 0 aliphatic heterocycles. The van der Waals surface area contributed by atoms with Crippen LogP contribution in [0.2, 0.25) is 10.0 Å². The normalized spacial score (nSPS) is 12.6. The number of carbonyl (C=O) groups excluding carboxylic acids is 1. The van der Waals surface area contributed by atoms with Gasteiger partial charge in [-0.15, -0.1) is 0 Å². The van der Waals surface area contributed by atoms with Crippen molar-refractivity contribution in [2.75, 3.05) is 0 Å². The molecule has 2 aromatic rings. The van der Waals surface area contributed by atoms with Crippen molar-refractivity contribution in [3.63, 3.8) is 0 Å². The van der Waals surface area contributed by atoms with Crippen LogP contribution in [0, 0.1) is 0 Å². The van der Waals surface area contributed by atoms with E-state index in [1.54, 1.807) is 24.5 Å². The van der Waals surface area contributed by atoms with Crippen LogP contribution in [-0.2, 0) is 21.4 Å². The van der Waals surface area contributed by atoms with E-state index >= 15 is 0 Å². The number of halogens is 2. The molecule has 1 atom stereocenters. The van der Waals surface area contributed by atoms with Crippen molar-refractivity contribution in [1.82, 2.24) is 15.0 Å². The van der Waals surface area contributed by atoms with Crippen LogP contribution in [0.5, 0.6) is 0 Å². The fraction of sp³-hybridized carbons (Fsp3) is 0.200. The molecule has 0 saturated heterocycles. The molecule has 0 radical (unpaired) electrons. The van der Waals surface area contributed by atoms with Gasteiger partial charge in [-0.25, -0.2) is 8.42 Å². The Bertz CT molecular complexity index is 829. The molecule has 1 heterocycles. The van der Waals surface area contributed by atoms with E-state index in [1.807, 2.05) is 0 Å². The third-order valence-corrected chi connectivity index (χ3v) is 5.39. The fourth-order valence-electron chi connectivity index (χ4n) is 1.84. The first-order valence-electron chi connectivity index (χ1n) is 6.93. The molecule has 0 fully saturated rings. The average molecular weight is 388 g/mol. The summed E-state index contributed by atoms with van der Waals surface area (Å²) >= 11 is 11.6. The van der Waals surface area contributed by atoms with Gasteiger partial charge in [0.1, 0.15) is 0 Å². The predicted molar refractivity (Wildman–Crippen MR) is 92.3 cm³/mol. The number of pyridine rings is 1. The number of carbonyl (C=O) groups is 1. The van der Waals surface area contributed by atoms with Gasteiger partial charge in [-0.3, -0.25) is 9.78 Å². The van der Waals surface area contributed by atoms with Gasteiger partial charge in [0.25, 0.3) is 0 Å². The fourth-order valence-corrected chi connectivity index (χ4v) is 3.43. The second-order valence-electron chi connectivity index (χ2n) is 5.00. The zero-order valence-electron chi connectivity index (χ0n) is 12.7. The first-order valence-corrected chi connectivity index (χ1v) is 9.17. The molecule has 24 heavy (non-hydrogen) atoms. The number of nitrogens with zero attached hydrogens (tertiary/aromatic N) is 1. The molecule has 1 aromatic carbocycles. The standard InChI is InChI=1S/C15H15Cl2N3O3S/c1-10(15(21)19-9-11-3-2-6-18-8-11)20-24(22,23)12-4-5-13(16)14(17)7-12/h2-8,10,20H,9H2,1H3,(H,19,21)/t10-/m0/s1. The zero-order chi connectivity index (χ0) is 17.7. The Morgan fingerprint density at radius 3 is 2.62 bits per heavy atom. The molecule has 0 aliphatic carbocycles. The molecule has 0 bridgehead atoms. The summed E-state index contributed by atoms with van der Waals surface area (Å²) < 4.78 is 26.9. The Balaban J connectivity index is 2.00. The van der Waals surface area contributed by atoms with Crippen LogP contribution in [-0.4, -0.2) is 25.4 Å². The smallest absolute Gasteiger partial charge is 0.241 e. The first-order chi connectivity index (χ1) is 11.3. The van der Waals surface area contributed by atoms with Gasteiger partial charge in [0, 0.05) is 18.9 Å². The van der Waals surface area contributed by atoms with Crippen molar-refractivity contribution in [2.24, 2.45) is 0 Å². The number of sulfonamides is 1. The minimum absolute atomic E-state index is 0.0659. The lowest BCUT2D eigenvalue weighted by Crippen LogP contribution is -2.44. The first kappa shape index (κ1) is 18.7. The molecular formula is C15H15Cl2N3O3S. The predicted octanol–water partition coefficient (Wildman–Crippen LogP) is 2.37. The van der Waals surface area contributed by atoms with Crippen molar-refractivity contribution in [3.05, 3.63) is 58.3 Å². The molecule has 0 aliphatic rings. The number of benzene rings is 1. The van der Waals surface area contributed by atoms with E-state index in [9.17, 15) is 13.2 Å². The molecule has 2 rings (SSSR count). The summed E-state index contributed by atoms with van der Waals surface area (Å²) in [6, 6.07) is 6.52. The van der Waals surface area contributed by atoms with E-state index in [-0.39, 0.29) is 21.5 Å². The summed E-state index contributed by atoms with van der Waals surface area (Å²) in [5.41, 5.74) is 0.811. The van der Waals surface area contributed by atoms with Crippen molar-refractivity contribution in [3.8, 4) is 0 Å². The Morgan fingerprint density at radius 1 is 1.25 bits per heavy atom. The Morgan fingerprint density at radius 2 is 2.00 bits per heavy atom. The number of amides is 1.